The fourth-order valence-corrected chi connectivity index (χ4v) is 10.2. The Balaban J connectivity index is 1.32. The maximum absolute atomic E-state index is 12.7. The molecule has 2 aromatic heterocycles. The Kier molecular flexibility index (Phi) is 25.0. The number of aliphatic hydroxyl groups excluding tert-OH is 2. The van der Waals surface area contributed by atoms with Gasteiger partial charge in [0.25, 0.3) is 0 Å². The fourth-order valence-electron chi connectivity index (χ4n) is 6.64. The predicted octanol–water partition coefficient (Wildman–Crippen LogP) is 3.88. The van der Waals surface area contributed by atoms with Crippen molar-refractivity contribution in [2.45, 2.75) is 141 Å². The van der Waals surface area contributed by atoms with Gasteiger partial charge in [0.15, 0.2) is 22.8 Å². The number of nitrogens with two attached hydrogens (primary N) is 1. The number of carbonyl (C=O) groups is 4. The number of nitrogens with zero attached hydrogens (tertiary/aromatic N) is 4. The van der Waals surface area contributed by atoms with Gasteiger partial charge in [0.1, 0.15) is 42.0 Å². The number of Topliss-reactive ketones (excluding diaryl/α,β-unsaturated/α-hetero) is 1. The number of aliphatic hydroxyl groups is 2. The smallest absolute Gasteiger partial charge is 0.386 e. The summed E-state index contributed by atoms with van der Waals surface area (Å²) in [5, 5.41) is 26.2. The zero-order chi connectivity index (χ0) is 50.5. The summed E-state index contributed by atoms with van der Waals surface area (Å²) in [5.74, 6) is -1.44. The molecule has 0 radical (unpaired) electrons. The summed E-state index contributed by atoms with van der Waals surface area (Å²) in [4.78, 5) is 101. The maximum atomic E-state index is 12.7. The number of anilines is 1. The summed E-state index contributed by atoms with van der Waals surface area (Å²) in [6.07, 6.45) is 9.98. The number of phosphoric ester groups is 3. The van der Waals surface area contributed by atoms with Crippen LogP contribution in [0.3, 0.4) is 0 Å². The maximum Gasteiger partial charge on any atom is 0.481 e. The number of aromatic nitrogens is 4. The number of thioether (sulfide) groups is 1. The number of allylic oxidation sites excluding steroid dienone is 2. The molecule has 7 atom stereocenters. The van der Waals surface area contributed by atoms with E-state index in [1.165, 1.54) is 65.2 Å². The van der Waals surface area contributed by atoms with E-state index in [4.69, 9.17) is 19.5 Å². The molecule has 10 N–H and O–H groups in total. The van der Waals surface area contributed by atoms with Crippen LogP contribution in [0.5, 0.6) is 0 Å². The van der Waals surface area contributed by atoms with E-state index >= 15 is 0 Å². The van der Waals surface area contributed by atoms with Crippen LogP contribution in [-0.4, -0.2) is 128 Å². The first kappa shape index (κ1) is 59.3. The number of carbonyl (C=O) groups excluding carboxylic acids is 4. The number of amides is 2. The van der Waals surface area contributed by atoms with E-state index in [2.05, 4.69) is 53.5 Å². The van der Waals surface area contributed by atoms with Crippen molar-refractivity contribution in [3.05, 3.63) is 24.8 Å². The molecule has 2 aromatic rings. The molecule has 2 unspecified atom stereocenters. The zero-order valence-corrected chi connectivity index (χ0v) is 41.8. The van der Waals surface area contributed by atoms with Crippen molar-refractivity contribution < 1.29 is 85.3 Å². The van der Waals surface area contributed by atoms with Crippen molar-refractivity contribution >= 4 is 74.9 Å². The number of imidazole rings is 1. The second kappa shape index (κ2) is 28.7. The van der Waals surface area contributed by atoms with Crippen LogP contribution in [0.1, 0.15) is 117 Å². The summed E-state index contributed by atoms with van der Waals surface area (Å²) in [6, 6.07) is 0. The Bertz CT molecular complexity index is 2130. The fraction of sp³-hybridized carbons (Fsp3) is 0.718. The number of hydrogen-bond donors (Lipinski definition) is 9. The number of nitrogens with one attached hydrogen (secondary N) is 2. The van der Waals surface area contributed by atoms with Crippen molar-refractivity contribution in [1.82, 2.24) is 30.2 Å². The first-order chi connectivity index (χ1) is 31.9. The molecule has 386 valence electrons. The van der Waals surface area contributed by atoms with Gasteiger partial charge < -0.3 is 50.9 Å². The van der Waals surface area contributed by atoms with Crippen LogP contribution in [0.15, 0.2) is 24.8 Å². The number of hydrogen-bond acceptors (Lipinski definition) is 19. The third-order valence-electron chi connectivity index (χ3n) is 10.3. The van der Waals surface area contributed by atoms with E-state index in [9.17, 15) is 62.7 Å². The van der Waals surface area contributed by atoms with Gasteiger partial charge in [-0.25, -0.2) is 28.6 Å². The Morgan fingerprint density at radius 3 is 2.24 bits per heavy atom. The molecule has 1 aliphatic heterocycles. The number of ether oxygens (including phenoxy) is 1. The largest absolute Gasteiger partial charge is 0.481 e. The van der Waals surface area contributed by atoms with Gasteiger partial charge >= 0.3 is 23.5 Å². The molecule has 29 heteroatoms. The molecule has 25 nitrogen and oxygen atoms in total. The summed E-state index contributed by atoms with van der Waals surface area (Å²) in [6.45, 7) is 2.54. The molecule has 1 fully saturated rings. The highest BCUT2D eigenvalue weighted by Crippen LogP contribution is 2.61. The van der Waals surface area contributed by atoms with Gasteiger partial charge in [0.05, 0.1) is 26.0 Å². The van der Waals surface area contributed by atoms with E-state index < -0.39 is 84.6 Å². The molecular weight excluding hydrogens is 979 g/mol. The Hall–Kier alpha value is -3.03. The number of unbranched alkanes of at least 4 members (excludes halogenated alkanes) is 9. The molecule has 3 rings (SSSR count). The minimum Gasteiger partial charge on any atom is -0.386 e. The monoisotopic (exact) mass is 1050 g/mol. The van der Waals surface area contributed by atoms with Gasteiger partial charge in [-0.2, -0.15) is 4.31 Å². The minimum absolute atomic E-state index is 0.0254. The van der Waals surface area contributed by atoms with Gasteiger partial charge in [0, 0.05) is 37.1 Å². The first-order valence-corrected chi connectivity index (χ1v) is 27.7. The van der Waals surface area contributed by atoms with Crippen LogP contribution in [-0.2, 0) is 55.5 Å². The number of nitrogen functional groups attached to an aromatic ring is 1. The molecule has 0 aromatic carbocycles. The quantitative estimate of drug-likeness (QED) is 0.0208. The van der Waals surface area contributed by atoms with Gasteiger partial charge in [-0.1, -0.05) is 89.6 Å². The third kappa shape index (κ3) is 21.5. The molecule has 1 saturated heterocycles. The van der Waals surface area contributed by atoms with Gasteiger partial charge in [-0.05, 0) is 25.7 Å². The second-order valence-electron chi connectivity index (χ2n) is 16.6. The molecule has 0 saturated carbocycles. The van der Waals surface area contributed by atoms with Crippen LogP contribution in [0.4, 0.5) is 5.82 Å². The molecular formula is C39H66N7O18P3S. The topological polar surface area (TPSA) is 381 Å². The summed E-state index contributed by atoms with van der Waals surface area (Å²) >= 11 is 0.926. The normalized spacial score (nSPS) is 20.0. The van der Waals surface area contributed by atoms with Crippen LogP contribution in [0, 0.1) is 5.41 Å². The SMILES string of the molecule is CCCCCCCCCC/C=C\CCCC(=O)CC(=O)SCCNC(=O)CCNC(=O)[C@H](O)C(C)(C)COP(=O)(O)OP(=O)(O)OC[C@H]1O[C@@H](n2cnc3c(N)ncnc32)[C@H](O)[C@@H]1OP(=O)(O)O. The Labute approximate surface area is 398 Å². The number of fused-ring (bicyclic) bond motifs is 1. The molecule has 1 aliphatic rings. The van der Waals surface area contributed by atoms with E-state index in [0.29, 0.717) is 12.8 Å². The molecule has 68 heavy (non-hydrogen) atoms. The van der Waals surface area contributed by atoms with Crippen molar-refractivity contribution in [3.63, 3.8) is 0 Å². The zero-order valence-electron chi connectivity index (χ0n) is 38.3. The average Bonchev–Trinajstić information content (AvgIpc) is 3.82. The predicted molar refractivity (Wildman–Crippen MR) is 247 cm³/mol. The van der Waals surface area contributed by atoms with E-state index in [1.54, 1.807) is 0 Å². The lowest BCUT2D eigenvalue weighted by molar-refractivity contribution is -0.137. The van der Waals surface area contributed by atoms with Crippen LogP contribution in [0.25, 0.3) is 11.2 Å². The van der Waals surface area contributed by atoms with Crippen LogP contribution in [0.2, 0.25) is 0 Å². The number of phosphoric acid groups is 3. The number of rotatable bonds is 34. The number of ketones is 1. The second-order valence-corrected chi connectivity index (χ2v) is 22.0. The lowest BCUT2D eigenvalue weighted by Gasteiger charge is -2.30. The Morgan fingerprint density at radius 1 is 0.912 bits per heavy atom. The average molecular weight is 1050 g/mol. The third-order valence-corrected chi connectivity index (χ3v) is 14.3. The highest BCUT2D eigenvalue weighted by Gasteiger charge is 2.50. The summed E-state index contributed by atoms with van der Waals surface area (Å²) in [7, 11) is -16.5. The van der Waals surface area contributed by atoms with E-state index in [1.807, 2.05) is 0 Å². The van der Waals surface area contributed by atoms with Gasteiger partial charge in [-0.15, -0.1) is 0 Å². The summed E-state index contributed by atoms with van der Waals surface area (Å²) in [5.41, 5.74) is 4.24. The lowest BCUT2D eigenvalue weighted by atomic mass is 9.87. The van der Waals surface area contributed by atoms with Crippen LogP contribution < -0.4 is 16.4 Å². The standard InChI is InChI=1S/C39H66N7O18P3S/c1-4-5-6-7-8-9-10-11-12-13-14-15-16-17-27(47)22-30(49)68-21-20-41-29(48)18-19-42-37(52)34(51)39(2,3)24-61-67(58,59)64-66(56,57)60-23-28-33(63-65(53,54)55)32(50)38(62-28)46-26-45-31-35(40)43-25-44-36(31)46/h13-14,25-26,28,32-34,38,50-51H,4-12,15-24H2,1-3H3,(H,41,48)(H,42,52)(H,56,57)(H,58,59)(H2,40,43,44)(H2,53,54,55)/b14-13-/t28-,32-,33-,34+,38-/m1/s1. The van der Waals surface area contributed by atoms with Gasteiger partial charge in [-0.3, -0.25) is 37.3 Å². The Morgan fingerprint density at radius 2 is 1.56 bits per heavy atom. The molecule has 0 aliphatic carbocycles. The van der Waals surface area contributed by atoms with Crippen molar-refractivity contribution in [3.8, 4) is 0 Å². The van der Waals surface area contributed by atoms with Crippen molar-refractivity contribution in [2.24, 2.45) is 5.41 Å². The highest BCUT2D eigenvalue weighted by atomic mass is 32.2. The molecule has 3 heterocycles. The van der Waals surface area contributed by atoms with Crippen molar-refractivity contribution in [2.75, 3.05) is 37.8 Å². The summed E-state index contributed by atoms with van der Waals surface area (Å²) < 4.78 is 62.4. The van der Waals surface area contributed by atoms with Gasteiger partial charge in [0.2, 0.25) is 11.8 Å². The van der Waals surface area contributed by atoms with E-state index in [-0.39, 0.29) is 59.6 Å². The van der Waals surface area contributed by atoms with E-state index in [0.717, 1.165) is 41.8 Å². The molecule has 2 amide bonds. The molecule has 0 bridgehead atoms. The first-order valence-electron chi connectivity index (χ1n) is 22.2. The molecule has 0 spiro atoms. The highest BCUT2D eigenvalue weighted by molar-refractivity contribution is 8.13. The van der Waals surface area contributed by atoms with Crippen LogP contribution >= 0.6 is 35.2 Å². The van der Waals surface area contributed by atoms with Crippen molar-refractivity contribution in [1.29, 1.82) is 0 Å². The minimum atomic E-state index is -5.59. The lowest BCUT2D eigenvalue weighted by Crippen LogP contribution is -2.46.